The molecule has 0 atom stereocenters. The number of nitrogens with one attached hydrogen (secondary N) is 1. The van der Waals surface area contributed by atoms with Gasteiger partial charge in [-0.25, -0.2) is 0 Å². The highest BCUT2D eigenvalue weighted by molar-refractivity contribution is 5.91. The molecule has 1 aromatic carbocycles. The third kappa shape index (κ3) is 3.80. The summed E-state index contributed by atoms with van der Waals surface area (Å²) in [7, 11) is 1.61. The van der Waals surface area contributed by atoms with Crippen molar-refractivity contribution in [1.82, 2.24) is 4.98 Å². The summed E-state index contributed by atoms with van der Waals surface area (Å²) in [6.45, 7) is -0.0114. The molecule has 23 heavy (non-hydrogen) atoms. The average Bonchev–Trinajstić information content (AvgIpc) is 2.60. The van der Waals surface area contributed by atoms with Crippen molar-refractivity contribution < 1.29 is 14.3 Å². The highest BCUT2D eigenvalue weighted by atomic mass is 16.5. The quantitative estimate of drug-likeness (QED) is 0.922. The van der Waals surface area contributed by atoms with E-state index in [0.29, 0.717) is 0 Å². The normalized spacial score (nSPS) is 13.1. The molecule has 0 spiro atoms. The smallest absolute Gasteiger partial charge is 0.262 e. The number of aryl methyl sites for hydroxylation is 1. The molecule has 3 rings (SSSR count). The molecule has 1 aliphatic rings. The second kappa shape index (κ2) is 7.13. The zero-order valence-electron chi connectivity index (χ0n) is 13.2. The highest BCUT2D eigenvalue weighted by Crippen LogP contribution is 2.27. The van der Waals surface area contributed by atoms with Gasteiger partial charge in [0.15, 0.2) is 6.61 Å². The van der Waals surface area contributed by atoms with Gasteiger partial charge in [0.1, 0.15) is 11.5 Å². The first-order valence-corrected chi connectivity index (χ1v) is 7.80. The van der Waals surface area contributed by atoms with E-state index >= 15 is 0 Å². The first kappa shape index (κ1) is 15.3. The molecule has 0 fully saturated rings. The number of anilines is 1. The Morgan fingerprint density at radius 2 is 1.96 bits per heavy atom. The predicted molar refractivity (Wildman–Crippen MR) is 88.0 cm³/mol. The number of rotatable bonds is 5. The van der Waals surface area contributed by atoms with Crippen molar-refractivity contribution in [3.63, 3.8) is 0 Å². The van der Waals surface area contributed by atoms with E-state index in [1.807, 2.05) is 6.07 Å². The molecule has 1 N–H and O–H groups in total. The molecule has 1 aromatic heterocycles. The van der Waals surface area contributed by atoms with E-state index in [1.54, 1.807) is 37.6 Å². The molecule has 2 aromatic rings. The summed E-state index contributed by atoms with van der Waals surface area (Å²) < 4.78 is 10.8. The molecule has 0 radical (unpaired) electrons. The Morgan fingerprint density at radius 1 is 1.17 bits per heavy atom. The highest BCUT2D eigenvalue weighted by Gasteiger charge is 2.15. The van der Waals surface area contributed by atoms with Gasteiger partial charge in [-0.3, -0.25) is 9.78 Å². The zero-order valence-corrected chi connectivity index (χ0v) is 13.2. The van der Waals surface area contributed by atoms with Gasteiger partial charge in [0, 0.05) is 23.1 Å². The number of carbonyl (C=O) groups excluding carboxylic acids is 1. The molecule has 0 saturated carbocycles. The van der Waals surface area contributed by atoms with Gasteiger partial charge in [0.25, 0.3) is 5.91 Å². The van der Waals surface area contributed by atoms with Crippen LogP contribution in [-0.2, 0) is 17.6 Å². The van der Waals surface area contributed by atoms with Crippen molar-refractivity contribution in [3.8, 4) is 11.5 Å². The zero-order chi connectivity index (χ0) is 16.1. The number of carbonyl (C=O) groups is 1. The number of ether oxygens (including phenoxy) is 2. The largest absolute Gasteiger partial charge is 0.497 e. The van der Waals surface area contributed by atoms with Crippen molar-refractivity contribution in [2.45, 2.75) is 25.7 Å². The first-order valence-electron chi connectivity index (χ1n) is 7.80. The number of aromatic nitrogens is 1. The van der Waals surface area contributed by atoms with Gasteiger partial charge in [-0.15, -0.1) is 0 Å². The van der Waals surface area contributed by atoms with Crippen molar-refractivity contribution in [2.24, 2.45) is 0 Å². The van der Waals surface area contributed by atoms with Gasteiger partial charge < -0.3 is 14.8 Å². The lowest BCUT2D eigenvalue weighted by atomic mass is 9.95. The number of methoxy groups -OCH3 is 1. The molecule has 5 nitrogen and oxygen atoms in total. The standard InChI is InChI=1S/C18H20N2O3/c1-22-14-8-6-13(7-9-14)20-18(21)12-23-17-10-11-19-16-5-3-2-4-15(16)17/h6-11H,2-5,12H2,1H3,(H,20,21). The Labute approximate surface area is 135 Å². The van der Waals surface area contributed by atoms with Gasteiger partial charge in [0.2, 0.25) is 0 Å². The van der Waals surface area contributed by atoms with Crippen molar-refractivity contribution in [2.75, 3.05) is 19.0 Å². The van der Waals surface area contributed by atoms with Crippen molar-refractivity contribution in [3.05, 3.63) is 47.8 Å². The Kier molecular flexibility index (Phi) is 4.76. The molecule has 0 bridgehead atoms. The summed E-state index contributed by atoms with van der Waals surface area (Å²) >= 11 is 0. The van der Waals surface area contributed by atoms with E-state index in [4.69, 9.17) is 9.47 Å². The fourth-order valence-electron chi connectivity index (χ4n) is 2.74. The molecule has 1 amide bonds. The minimum atomic E-state index is -0.184. The van der Waals surface area contributed by atoms with Gasteiger partial charge in [-0.2, -0.15) is 0 Å². The fraction of sp³-hybridized carbons (Fsp3) is 0.333. The fourth-order valence-corrected chi connectivity index (χ4v) is 2.74. The summed E-state index contributed by atoms with van der Waals surface area (Å²) in [6.07, 6.45) is 6.03. The average molecular weight is 312 g/mol. The Bertz CT molecular complexity index is 683. The van der Waals surface area contributed by atoms with Crippen LogP contribution in [0.3, 0.4) is 0 Å². The number of amides is 1. The van der Waals surface area contributed by atoms with Crippen LogP contribution in [-0.4, -0.2) is 24.6 Å². The van der Waals surface area contributed by atoms with Crippen LogP contribution in [0, 0.1) is 0 Å². The van der Waals surface area contributed by atoms with Crippen LogP contribution in [0.4, 0.5) is 5.69 Å². The Hall–Kier alpha value is -2.56. The summed E-state index contributed by atoms with van der Waals surface area (Å²) in [4.78, 5) is 16.4. The summed E-state index contributed by atoms with van der Waals surface area (Å²) in [5, 5.41) is 2.81. The van der Waals surface area contributed by atoms with E-state index in [2.05, 4.69) is 10.3 Å². The van der Waals surface area contributed by atoms with Gasteiger partial charge in [-0.05, 0) is 56.0 Å². The minimum absolute atomic E-state index is 0.0114. The summed E-state index contributed by atoms with van der Waals surface area (Å²) in [5.74, 6) is 1.35. The molecule has 0 unspecified atom stereocenters. The Morgan fingerprint density at radius 3 is 2.74 bits per heavy atom. The van der Waals surface area contributed by atoms with Crippen LogP contribution in [0.1, 0.15) is 24.1 Å². The predicted octanol–water partition coefficient (Wildman–Crippen LogP) is 2.99. The molecule has 1 heterocycles. The van der Waals surface area contributed by atoms with Crippen molar-refractivity contribution >= 4 is 11.6 Å². The maximum absolute atomic E-state index is 12.0. The van der Waals surface area contributed by atoms with E-state index < -0.39 is 0 Å². The van der Waals surface area contributed by atoms with Gasteiger partial charge in [-0.1, -0.05) is 0 Å². The van der Waals surface area contributed by atoms with Crippen LogP contribution >= 0.6 is 0 Å². The lowest BCUT2D eigenvalue weighted by Crippen LogP contribution is -2.21. The van der Waals surface area contributed by atoms with Gasteiger partial charge >= 0.3 is 0 Å². The summed E-state index contributed by atoms with van der Waals surface area (Å²) in [5.41, 5.74) is 2.97. The topological polar surface area (TPSA) is 60.5 Å². The molecular weight excluding hydrogens is 292 g/mol. The van der Waals surface area contributed by atoms with Gasteiger partial charge in [0.05, 0.1) is 7.11 Å². The van der Waals surface area contributed by atoms with Crippen LogP contribution in [0.5, 0.6) is 11.5 Å². The first-order chi connectivity index (χ1) is 11.3. The maximum atomic E-state index is 12.0. The number of pyridine rings is 1. The molecule has 0 aliphatic heterocycles. The molecule has 120 valence electrons. The monoisotopic (exact) mass is 312 g/mol. The molecule has 0 saturated heterocycles. The van der Waals surface area contributed by atoms with E-state index in [-0.39, 0.29) is 12.5 Å². The third-order valence-corrected chi connectivity index (χ3v) is 3.92. The van der Waals surface area contributed by atoms with Crippen LogP contribution < -0.4 is 14.8 Å². The number of hydrogen-bond donors (Lipinski definition) is 1. The lowest BCUT2D eigenvalue weighted by molar-refractivity contribution is -0.118. The SMILES string of the molecule is COc1ccc(NC(=O)COc2ccnc3c2CCCC3)cc1. The van der Waals surface area contributed by atoms with Crippen LogP contribution in [0.25, 0.3) is 0 Å². The van der Waals surface area contributed by atoms with Crippen LogP contribution in [0.15, 0.2) is 36.5 Å². The maximum Gasteiger partial charge on any atom is 0.262 e. The number of benzene rings is 1. The second-order valence-corrected chi connectivity index (χ2v) is 5.51. The molecular formula is C18H20N2O3. The Balaban J connectivity index is 1.58. The van der Waals surface area contributed by atoms with Crippen molar-refractivity contribution in [1.29, 1.82) is 0 Å². The summed E-state index contributed by atoms with van der Waals surface area (Å²) in [6, 6.07) is 9.03. The minimum Gasteiger partial charge on any atom is -0.497 e. The van der Waals surface area contributed by atoms with E-state index in [1.165, 1.54) is 6.42 Å². The number of nitrogens with zero attached hydrogens (tertiary/aromatic N) is 1. The third-order valence-electron chi connectivity index (χ3n) is 3.92. The lowest BCUT2D eigenvalue weighted by Gasteiger charge is -2.18. The second-order valence-electron chi connectivity index (χ2n) is 5.51. The van der Waals surface area contributed by atoms with E-state index in [0.717, 1.165) is 47.7 Å². The molecule has 5 heteroatoms. The number of hydrogen-bond acceptors (Lipinski definition) is 4. The number of fused-ring (bicyclic) bond motifs is 1. The van der Waals surface area contributed by atoms with E-state index in [9.17, 15) is 4.79 Å². The molecule has 1 aliphatic carbocycles. The van der Waals surface area contributed by atoms with Crippen LogP contribution in [0.2, 0.25) is 0 Å².